The molecule has 4 N–H and O–H groups in total. The van der Waals surface area contributed by atoms with Gasteiger partial charge in [0.05, 0.1) is 0 Å². The van der Waals surface area contributed by atoms with Crippen molar-refractivity contribution in [3.63, 3.8) is 0 Å². The maximum atomic E-state index is 10.5. The molecule has 6 nitrogen and oxygen atoms in total. The fraction of sp³-hybridized carbons (Fsp3) is 0.500. The Labute approximate surface area is 105 Å². The molecule has 0 fully saturated rings. The Hall–Kier alpha value is -1.56. The summed E-state index contributed by atoms with van der Waals surface area (Å²) in [6.45, 7) is 3.03. The van der Waals surface area contributed by atoms with E-state index < -0.39 is 6.03 Å². The zero-order chi connectivity index (χ0) is 12.7. The first-order chi connectivity index (χ1) is 8.15. The predicted molar refractivity (Wildman–Crippen MR) is 67.1 cm³/mol. The number of primary amides is 1. The van der Waals surface area contributed by atoms with Crippen LogP contribution in [0.25, 0.3) is 0 Å². The molecule has 94 valence electrons. The molecule has 1 aromatic rings. The number of hydrogen-bond acceptors (Lipinski definition) is 4. The maximum Gasteiger partial charge on any atom is 0.312 e. The molecule has 1 heterocycles. The first-order valence-corrected chi connectivity index (χ1v) is 5.79. The minimum absolute atomic E-state index is 0.433. The first kappa shape index (κ1) is 13.5. The van der Waals surface area contributed by atoms with E-state index in [0.29, 0.717) is 24.1 Å². The summed E-state index contributed by atoms with van der Waals surface area (Å²) < 4.78 is 0. The second-order valence-electron chi connectivity index (χ2n) is 3.46. The molecule has 2 amide bonds. The summed E-state index contributed by atoms with van der Waals surface area (Å²) in [4.78, 5) is 18.5. The minimum Gasteiger partial charge on any atom is -0.368 e. The Kier molecular flexibility index (Phi) is 5.48. The summed E-state index contributed by atoms with van der Waals surface area (Å²) >= 11 is 5.99. The second-order valence-corrected chi connectivity index (χ2v) is 3.82. The van der Waals surface area contributed by atoms with Gasteiger partial charge in [-0.1, -0.05) is 24.9 Å². The molecule has 0 saturated heterocycles. The van der Waals surface area contributed by atoms with Crippen LogP contribution in [-0.2, 0) is 6.42 Å². The van der Waals surface area contributed by atoms with Crippen LogP contribution in [0.1, 0.15) is 18.9 Å². The fourth-order valence-corrected chi connectivity index (χ4v) is 1.61. The van der Waals surface area contributed by atoms with E-state index in [1.54, 1.807) is 0 Å². The molecule has 1 rings (SSSR count). The number of hydrogen-bond donors (Lipinski definition) is 3. The Balaban J connectivity index is 2.57. The molecule has 17 heavy (non-hydrogen) atoms. The summed E-state index contributed by atoms with van der Waals surface area (Å²) in [6, 6.07) is -0.540. The summed E-state index contributed by atoms with van der Waals surface area (Å²) in [5, 5.41) is 6.04. The number of rotatable bonds is 6. The van der Waals surface area contributed by atoms with E-state index in [1.807, 2.05) is 0 Å². The van der Waals surface area contributed by atoms with Crippen molar-refractivity contribution >= 4 is 23.4 Å². The lowest BCUT2D eigenvalue weighted by Gasteiger charge is -2.11. The van der Waals surface area contributed by atoms with Gasteiger partial charge in [-0.3, -0.25) is 0 Å². The van der Waals surface area contributed by atoms with Gasteiger partial charge in [0.15, 0.2) is 0 Å². The van der Waals surface area contributed by atoms with Crippen molar-refractivity contribution in [2.24, 2.45) is 5.73 Å². The summed E-state index contributed by atoms with van der Waals surface area (Å²) in [5.74, 6) is 0.707. The van der Waals surface area contributed by atoms with Crippen molar-refractivity contribution in [1.29, 1.82) is 0 Å². The van der Waals surface area contributed by atoms with E-state index in [1.165, 1.54) is 6.33 Å². The highest BCUT2D eigenvalue weighted by atomic mass is 35.5. The van der Waals surface area contributed by atoms with Crippen LogP contribution in [0.2, 0.25) is 5.15 Å². The highest BCUT2D eigenvalue weighted by Crippen LogP contribution is 2.20. The number of carbonyl (C=O) groups excluding carboxylic acids is 1. The molecule has 0 radical (unpaired) electrons. The number of halogens is 1. The van der Waals surface area contributed by atoms with Gasteiger partial charge in [0.2, 0.25) is 0 Å². The summed E-state index contributed by atoms with van der Waals surface area (Å²) in [5.41, 5.74) is 5.85. The average molecular weight is 258 g/mol. The monoisotopic (exact) mass is 257 g/mol. The zero-order valence-corrected chi connectivity index (χ0v) is 10.4. The maximum absolute atomic E-state index is 10.5. The van der Waals surface area contributed by atoms with Crippen molar-refractivity contribution in [1.82, 2.24) is 15.3 Å². The molecule has 0 spiro atoms. The lowest BCUT2D eigenvalue weighted by Crippen LogP contribution is -2.33. The number of aromatic nitrogens is 2. The molecule has 0 aliphatic carbocycles. The van der Waals surface area contributed by atoms with Crippen LogP contribution in [0.5, 0.6) is 0 Å². The van der Waals surface area contributed by atoms with Gasteiger partial charge in [-0.05, 0) is 6.42 Å². The Morgan fingerprint density at radius 3 is 2.88 bits per heavy atom. The Morgan fingerprint density at radius 2 is 2.24 bits per heavy atom. The lowest BCUT2D eigenvalue weighted by molar-refractivity contribution is 0.249. The molecule has 1 aromatic heterocycles. The molecule has 0 unspecified atom stereocenters. The number of anilines is 1. The van der Waals surface area contributed by atoms with E-state index >= 15 is 0 Å². The van der Waals surface area contributed by atoms with Crippen molar-refractivity contribution in [3.8, 4) is 0 Å². The molecule has 7 heteroatoms. The van der Waals surface area contributed by atoms with Crippen LogP contribution in [0.15, 0.2) is 6.33 Å². The Morgan fingerprint density at radius 1 is 1.47 bits per heavy atom. The van der Waals surface area contributed by atoms with Gasteiger partial charge in [-0.2, -0.15) is 0 Å². The Bertz CT molecular complexity index is 385. The van der Waals surface area contributed by atoms with E-state index in [2.05, 4.69) is 27.5 Å². The number of urea groups is 1. The van der Waals surface area contributed by atoms with Gasteiger partial charge in [0.25, 0.3) is 0 Å². The van der Waals surface area contributed by atoms with Crippen LogP contribution in [0, 0.1) is 0 Å². The summed E-state index contributed by atoms with van der Waals surface area (Å²) in [6.07, 6.45) is 3.18. The molecule has 0 aliphatic rings. The smallest absolute Gasteiger partial charge is 0.312 e. The standard InChI is InChI=1S/C10H16ClN5O/c1-2-3-7-8(11)15-6-16-9(7)13-4-5-14-10(12)17/h6H,2-5H2,1H3,(H3,12,14,17)(H,13,15,16). The van der Waals surface area contributed by atoms with Gasteiger partial charge < -0.3 is 16.4 Å². The van der Waals surface area contributed by atoms with E-state index in [4.69, 9.17) is 17.3 Å². The van der Waals surface area contributed by atoms with Crippen LogP contribution >= 0.6 is 11.6 Å². The molecule has 0 saturated carbocycles. The molecule has 0 atom stereocenters. The molecular weight excluding hydrogens is 242 g/mol. The van der Waals surface area contributed by atoms with Crippen LogP contribution in [0.3, 0.4) is 0 Å². The molecule has 0 aliphatic heterocycles. The SMILES string of the molecule is CCCc1c(Cl)ncnc1NCCNC(N)=O. The topological polar surface area (TPSA) is 92.9 Å². The molecule has 0 aromatic carbocycles. The van der Waals surface area contributed by atoms with E-state index in [0.717, 1.165) is 18.4 Å². The third kappa shape index (κ3) is 4.44. The summed E-state index contributed by atoms with van der Waals surface area (Å²) in [7, 11) is 0. The number of nitrogens with zero attached hydrogens (tertiary/aromatic N) is 2. The third-order valence-electron chi connectivity index (χ3n) is 2.11. The average Bonchev–Trinajstić information content (AvgIpc) is 2.28. The van der Waals surface area contributed by atoms with E-state index in [-0.39, 0.29) is 0 Å². The normalized spacial score (nSPS) is 10.0. The van der Waals surface area contributed by atoms with Gasteiger partial charge >= 0.3 is 6.03 Å². The van der Waals surface area contributed by atoms with Crippen molar-refractivity contribution in [2.75, 3.05) is 18.4 Å². The van der Waals surface area contributed by atoms with Crippen molar-refractivity contribution in [2.45, 2.75) is 19.8 Å². The quantitative estimate of drug-likeness (QED) is 0.527. The lowest BCUT2D eigenvalue weighted by atomic mass is 10.2. The number of nitrogens with one attached hydrogen (secondary N) is 2. The predicted octanol–water partition coefficient (Wildman–Crippen LogP) is 1.16. The van der Waals surface area contributed by atoms with Crippen molar-refractivity contribution < 1.29 is 4.79 Å². The fourth-order valence-electron chi connectivity index (χ4n) is 1.38. The highest BCUT2D eigenvalue weighted by Gasteiger charge is 2.08. The van der Waals surface area contributed by atoms with Crippen LogP contribution in [0.4, 0.5) is 10.6 Å². The van der Waals surface area contributed by atoms with Gasteiger partial charge in [-0.25, -0.2) is 14.8 Å². The van der Waals surface area contributed by atoms with Gasteiger partial charge in [0, 0.05) is 18.7 Å². The zero-order valence-electron chi connectivity index (χ0n) is 9.66. The minimum atomic E-state index is -0.540. The van der Waals surface area contributed by atoms with Crippen LogP contribution < -0.4 is 16.4 Å². The van der Waals surface area contributed by atoms with Gasteiger partial charge in [0.1, 0.15) is 17.3 Å². The number of amides is 2. The van der Waals surface area contributed by atoms with E-state index in [9.17, 15) is 4.79 Å². The first-order valence-electron chi connectivity index (χ1n) is 5.41. The third-order valence-corrected chi connectivity index (χ3v) is 2.44. The van der Waals surface area contributed by atoms with Crippen molar-refractivity contribution in [3.05, 3.63) is 17.0 Å². The number of nitrogens with two attached hydrogens (primary N) is 1. The highest BCUT2D eigenvalue weighted by molar-refractivity contribution is 6.30. The molecule has 0 bridgehead atoms. The van der Waals surface area contributed by atoms with Crippen LogP contribution in [-0.4, -0.2) is 29.1 Å². The largest absolute Gasteiger partial charge is 0.368 e. The number of carbonyl (C=O) groups is 1. The molecular formula is C10H16ClN5O. The van der Waals surface area contributed by atoms with Gasteiger partial charge in [-0.15, -0.1) is 0 Å². The second kappa shape index (κ2) is 6.90.